The second-order valence-corrected chi connectivity index (χ2v) is 4.60. The number of hydrogen-bond donors (Lipinski definition) is 1. The Bertz CT molecular complexity index is 336. The molecule has 0 aromatic heterocycles. The van der Waals surface area contributed by atoms with Gasteiger partial charge in [-0.15, -0.1) is 12.4 Å². The van der Waals surface area contributed by atoms with E-state index < -0.39 is 0 Å². The monoisotopic (exact) mass is 310 g/mol. The van der Waals surface area contributed by atoms with Crippen LogP contribution in [0.25, 0.3) is 0 Å². The molecule has 2 nitrogen and oxygen atoms in total. The van der Waals surface area contributed by atoms with Crippen LogP contribution in [0.1, 0.15) is 12.5 Å². The molecule has 0 saturated carbocycles. The maximum Gasteiger partial charge on any atom is 0.137 e. The Kier molecular flexibility index (Phi) is 7.15. The number of hydrogen-bond acceptors (Lipinski definition) is 2. The Morgan fingerprint density at radius 1 is 1.50 bits per heavy atom. The molecule has 0 bridgehead atoms. The van der Waals surface area contributed by atoms with Gasteiger partial charge < -0.3 is 5.73 Å². The third-order valence-electron chi connectivity index (χ3n) is 2.51. The van der Waals surface area contributed by atoms with Gasteiger partial charge in [-0.3, -0.25) is 4.90 Å². The van der Waals surface area contributed by atoms with Gasteiger partial charge in [-0.2, -0.15) is 0 Å². The lowest BCUT2D eigenvalue weighted by Crippen LogP contribution is -2.34. The van der Waals surface area contributed by atoms with E-state index in [4.69, 9.17) is 5.73 Å². The highest BCUT2D eigenvalue weighted by atomic mass is 79.9. The number of halogens is 3. The van der Waals surface area contributed by atoms with Crippen molar-refractivity contribution in [2.24, 2.45) is 5.73 Å². The number of nitrogens with two attached hydrogens (primary N) is 1. The van der Waals surface area contributed by atoms with Crippen LogP contribution in [0.3, 0.4) is 0 Å². The Morgan fingerprint density at radius 2 is 2.12 bits per heavy atom. The van der Waals surface area contributed by atoms with Gasteiger partial charge in [-0.1, -0.05) is 6.07 Å². The summed E-state index contributed by atoms with van der Waals surface area (Å²) in [6, 6.07) is 5.49. The Morgan fingerprint density at radius 3 is 2.62 bits per heavy atom. The maximum atomic E-state index is 13.2. The van der Waals surface area contributed by atoms with E-state index in [-0.39, 0.29) is 18.2 Å². The van der Waals surface area contributed by atoms with Crippen LogP contribution in [-0.4, -0.2) is 24.5 Å². The Balaban J connectivity index is 0.00000225. The fourth-order valence-electron chi connectivity index (χ4n) is 1.26. The van der Waals surface area contributed by atoms with Crippen LogP contribution in [0.2, 0.25) is 0 Å². The molecule has 0 radical (unpaired) electrons. The predicted molar refractivity (Wildman–Crippen MR) is 71.3 cm³/mol. The highest BCUT2D eigenvalue weighted by Gasteiger charge is 2.08. The van der Waals surface area contributed by atoms with E-state index in [1.807, 2.05) is 13.1 Å². The topological polar surface area (TPSA) is 29.3 Å². The van der Waals surface area contributed by atoms with Crippen LogP contribution in [-0.2, 0) is 6.54 Å². The Hall–Kier alpha value is -0.160. The maximum absolute atomic E-state index is 13.2. The van der Waals surface area contributed by atoms with Crippen molar-refractivity contribution in [3.63, 3.8) is 0 Å². The van der Waals surface area contributed by atoms with Crippen LogP contribution < -0.4 is 5.73 Å². The second-order valence-electron chi connectivity index (χ2n) is 3.75. The number of likely N-dealkylation sites (N-methyl/N-ethyl adjacent to an activating group) is 1. The van der Waals surface area contributed by atoms with Crippen molar-refractivity contribution in [2.45, 2.75) is 19.5 Å². The molecule has 1 aromatic carbocycles. The molecule has 0 saturated heterocycles. The molecular formula is C11H17BrClFN2. The minimum Gasteiger partial charge on any atom is -0.329 e. The van der Waals surface area contributed by atoms with Crippen molar-refractivity contribution in [3.05, 3.63) is 34.1 Å². The Labute approximate surface area is 111 Å². The summed E-state index contributed by atoms with van der Waals surface area (Å²) < 4.78 is 13.7. The lowest BCUT2D eigenvalue weighted by atomic mass is 10.2. The fourth-order valence-corrected chi connectivity index (χ4v) is 1.51. The van der Waals surface area contributed by atoms with E-state index >= 15 is 0 Å². The SMILES string of the molecule is CC(CN)N(C)Cc1ccc(Br)c(F)c1.Cl. The van der Waals surface area contributed by atoms with Crippen LogP contribution in [0.4, 0.5) is 4.39 Å². The fraction of sp³-hybridized carbons (Fsp3) is 0.455. The van der Waals surface area contributed by atoms with Gasteiger partial charge in [-0.05, 0) is 47.6 Å². The van der Waals surface area contributed by atoms with Crippen LogP contribution in [0.15, 0.2) is 22.7 Å². The lowest BCUT2D eigenvalue weighted by Gasteiger charge is -2.23. The van der Waals surface area contributed by atoms with Crippen molar-refractivity contribution in [3.8, 4) is 0 Å². The molecule has 1 rings (SSSR count). The third kappa shape index (κ3) is 4.37. The van der Waals surface area contributed by atoms with Gasteiger partial charge in [0.2, 0.25) is 0 Å². The summed E-state index contributed by atoms with van der Waals surface area (Å²) in [6.07, 6.45) is 0. The molecule has 0 heterocycles. The summed E-state index contributed by atoms with van der Waals surface area (Å²) in [4.78, 5) is 2.10. The summed E-state index contributed by atoms with van der Waals surface area (Å²) in [5.74, 6) is -0.221. The highest BCUT2D eigenvalue weighted by Crippen LogP contribution is 2.17. The zero-order chi connectivity index (χ0) is 11.4. The van der Waals surface area contributed by atoms with Gasteiger partial charge >= 0.3 is 0 Å². The minimum absolute atomic E-state index is 0. The van der Waals surface area contributed by atoms with Crippen LogP contribution in [0.5, 0.6) is 0 Å². The number of rotatable bonds is 4. The predicted octanol–water partition coefficient (Wildman–Crippen LogP) is 2.79. The largest absolute Gasteiger partial charge is 0.329 e. The molecule has 0 aliphatic carbocycles. The van der Waals surface area contributed by atoms with Crippen LogP contribution in [0, 0.1) is 5.82 Å². The van der Waals surface area contributed by atoms with Gasteiger partial charge in [0.25, 0.3) is 0 Å². The van der Waals surface area contributed by atoms with Gasteiger partial charge in [0, 0.05) is 19.1 Å². The number of nitrogens with zero attached hydrogens (tertiary/aromatic N) is 1. The average molecular weight is 312 g/mol. The quantitative estimate of drug-likeness (QED) is 0.926. The molecule has 0 aliphatic rings. The van der Waals surface area contributed by atoms with Crippen molar-refractivity contribution in [2.75, 3.05) is 13.6 Å². The summed E-state index contributed by atoms with van der Waals surface area (Å²) >= 11 is 3.13. The van der Waals surface area contributed by atoms with Crippen molar-refractivity contribution >= 4 is 28.3 Å². The van der Waals surface area contributed by atoms with Gasteiger partial charge in [0.1, 0.15) is 5.82 Å². The molecule has 5 heteroatoms. The average Bonchev–Trinajstić information content (AvgIpc) is 2.22. The third-order valence-corrected chi connectivity index (χ3v) is 3.15. The smallest absolute Gasteiger partial charge is 0.137 e. The minimum atomic E-state index is -0.221. The normalized spacial score (nSPS) is 12.4. The first-order valence-electron chi connectivity index (χ1n) is 4.89. The molecule has 2 N–H and O–H groups in total. The zero-order valence-corrected chi connectivity index (χ0v) is 11.8. The lowest BCUT2D eigenvalue weighted by molar-refractivity contribution is 0.254. The first-order chi connectivity index (χ1) is 7.04. The van der Waals surface area contributed by atoms with E-state index in [0.717, 1.165) is 5.56 Å². The number of benzene rings is 1. The molecule has 0 spiro atoms. The van der Waals surface area contributed by atoms with Crippen molar-refractivity contribution in [1.29, 1.82) is 0 Å². The van der Waals surface area contributed by atoms with Crippen LogP contribution >= 0.6 is 28.3 Å². The molecule has 1 unspecified atom stereocenters. The van der Waals surface area contributed by atoms with E-state index in [2.05, 4.69) is 27.8 Å². The van der Waals surface area contributed by atoms with Crippen molar-refractivity contribution < 1.29 is 4.39 Å². The first-order valence-corrected chi connectivity index (χ1v) is 5.68. The zero-order valence-electron chi connectivity index (χ0n) is 9.41. The van der Waals surface area contributed by atoms with Gasteiger partial charge in [0.15, 0.2) is 0 Å². The van der Waals surface area contributed by atoms with E-state index in [9.17, 15) is 4.39 Å². The van der Waals surface area contributed by atoms with E-state index in [0.29, 0.717) is 23.6 Å². The standard InChI is InChI=1S/C11H16BrFN2.ClH/c1-8(6-14)15(2)7-9-3-4-10(12)11(13)5-9;/h3-5,8H,6-7,14H2,1-2H3;1H. The summed E-state index contributed by atoms with van der Waals surface area (Å²) in [5.41, 5.74) is 6.51. The summed E-state index contributed by atoms with van der Waals surface area (Å²) in [7, 11) is 1.98. The summed E-state index contributed by atoms with van der Waals surface area (Å²) in [6.45, 7) is 3.37. The highest BCUT2D eigenvalue weighted by molar-refractivity contribution is 9.10. The molecular weight excluding hydrogens is 294 g/mol. The van der Waals surface area contributed by atoms with Crippen molar-refractivity contribution in [1.82, 2.24) is 4.90 Å². The molecule has 1 aromatic rings. The van der Waals surface area contributed by atoms with E-state index in [1.165, 1.54) is 0 Å². The molecule has 1 atom stereocenters. The molecule has 0 amide bonds. The molecule has 92 valence electrons. The molecule has 16 heavy (non-hydrogen) atoms. The van der Waals surface area contributed by atoms with E-state index in [1.54, 1.807) is 12.1 Å². The molecule has 0 fully saturated rings. The van der Waals surface area contributed by atoms with Gasteiger partial charge in [0.05, 0.1) is 4.47 Å². The second kappa shape index (κ2) is 7.22. The first kappa shape index (κ1) is 15.8. The molecule has 0 aliphatic heterocycles. The summed E-state index contributed by atoms with van der Waals surface area (Å²) in [5, 5.41) is 0. The van der Waals surface area contributed by atoms with Gasteiger partial charge in [-0.25, -0.2) is 4.39 Å².